The van der Waals surface area contributed by atoms with E-state index < -0.39 is 11.6 Å². The molecule has 1 aromatic heterocycles. The molecule has 0 aliphatic carbocycles. The maximum Gasteiger partial charge on any atom is 0.128 e. The van der Waals surface area contributed by atoms with Gasteiger partial charge in [-0.05, 0) is 26.0 Å². The van der Waals surface area contributed by atoms with Gasteiger partial charge in [-0.3, -0.25) is 0 Å². The second-order valence-electron chi connectivity index (χ2n) is 3.43. The fraction of sp³-hybridized carbons (Fsp3) is 0.400. The van der Waals surface area contributed by atoms with E-state index in [-0.39, 0.29) is 0 Å². The summed E-state index contributed by atoms with van der Waals surface area (Å²) in [5, 5.41) is 0. The second kappa shape index (κ2) is 8.40. The van der Waals surface area contributed by atoms with Crippen LogP contribution in [0.1, 0.15) is 39.2 Å². The Balaban J connectivity index is 0.000000741. The molecule has 0 amide bonds. The van der Waals surface area contributed by atoms with Gasteiger partial charge in [-0.25, -0.2) is 13.8 Å². The molecule has 1 aromatic carbocycles. The molecular weight excluding hydrogens is 246 g/mol. The molecule has 0 fully saturated rings. The van der Waals surface area contributed by atoms with Crippen LogP contribution in [0, 0.1) is 25.5 Å². The third-order valence-corrected chi connectivity index (χ3v) is 2.13. The maximum atomic E-state index is 13.0. The first-order valence-electron chi connectivity index (χ1n) is 6.55. The van der Waals surface area contributed by atoms with Crippen molar-refractivity contribution in [2.45, 2.75) is 41.5 Å². The Morgan fingerprint density at radius 3 is 1.74 bits per heavy atom. The van der Waals surface area contributed by atoms with Crippen LogP contribution in [0.3, 0.4) is 0 Å². The third kappa shape index (κ3) is 4.81. The van der Waals surface area contributed by atoms with Crippen molar-refractivity contribution < 1.29 is 8.78 Å². The average Bonchev–Trinajstić information content (AvgIpc) is 2.72. The summed E-state index contributed by atoms with van der Waals surface area (Å²) >= 11 is 0. The summed E-state index contributed by atoms with van der Waals surface area (Å²) in [6.45, 7) is 11.6. The van der Waals surface area contributed by atoms with Gasteiger partial charge in [0.25, 0.3) is 0 Å². The molecule has 0 radical (unpaired) electrons. The Morgan fingerprint density at radius 1 is 0.895 bits per heavy atom. The zero-order chi connectivity index (χ0) is 15.0. The van der Waals surface area contributed by atoms with E-state index in [9.17, 15) is 8.78 Å². The van der Waals surface area contributed by atoms with E-state index >= 15 is 0 Å². The van der Waals surface area contributed by atoms with Gasteiger partial charge in [0.2, 0.25) is 0 Å². The van der Waals surface area contributed by atoms with Crippen molar-refractivity contribution in [2.24, 2.45) is 0 Å². The Labute approximate surface area is 114 Å². The van der Waals surface area contributed by atoms with E-state index in [1.165, 1.54) is 12.1 Å². The zero-order valence-corrected chi connectivity index (χ0v) is 12.5. The molecule has 0 bridgehead atoms. The van der Waals surface area contributed by atoms with Gasteiger partial charge in [-0.2, -0.15) is 0 Å². The smallest absolute Gasteiger partial charge is 0.128 e. The van der Waals surface area contributed by atoms with Crippen molar-refractivity contribution in [3.8, 4) is 5.69 Å². The minimum Gasteiger partial charge on any atom is -0.304 e. The molecule has 0 saturated heterocycles. The number of benzene rings is 1. The number of nitrogens with zero attached hydrogens (tertiary/aromatic N) is 2. The van der Waals surface area contributed by atoms with Gasteiger partial charge in [0.1, 0.15) is 17.5 Å². The van der Waals surface area contributed by atoms with E-state index in [0.717, 1.165) is 11.8 Å². The summed E-state index contributed by atoms with van der Waals surface area (Å²) in [5.74, 6) is -0.469. The summed E-state index contributed by atoms with van der Waals surface area (Å²) in [5.41, 5.74) is 1.27. The molecule has 2 aromatic rings. The SMILES string of the molecule is CC.CC.Cc1cn(-c2cc(F)cc(F)c2)c(C)n1. The highest BCUT2D eigenvalue weighted by Gasteiger charge is 2.06. The molecule has 0 unspecified atom stereocenters. The van der Waals surface area contributed by atoms with E-state index in [0.29, 0.717) is 11.5 Å². The Morgan fingerprint density at radius 2 is 1.37 bits per heavy atom. The van der Waals surface area contributed by atoms with E-state index in [2.05, 4.69) is 4.98 Å². The molecular formula is C15H22F2N2. The Kier molecular flexibility index (Phi) is 7.65. The lowest BCUT2D eigenvalue weighted by Crippen LogP contribution is -1.97. The van der Waals surface area contributed by atoms with Crippen molar-refractivity contribution in [2.75, 3.05) is 0 Å². The lowest BCUT2D eigenvalue weighted by Gasteiger charge is -2.04. The van der Waals surface area contributed by atoms with Crippen LogP contribution in [0.5, 0.6) is 0 Å². The molecule has 1 heterocycles. The van der Waals surface area contributed by atoms with Gasteiger partial charge in [0.15, 0.2) is 0 Å². The largest absolute Gasteiger partial charge is 0.304 e. The maximum absolute atomic E-state index is 13.0. The topological polar surface area (TPSA) is 17.8 Å². The van der Waals surface area contributed by atoms with Crippen molar-refractivity contribution in [1.29, 1.82) is 0 Å². The van der Waals surface area contributed by atoms with Gasteiger partial charge in [-0.1, -0.05) is 27.7 Å². The average molecular weight is 268 g/mol. The van der Waals surface area contributed by atoms with Crippen molar-refractivity contribution in [3.63, 3.8) is 0 Å². The summed E-state index contributed by atoms with van der Waals surface area (Å²) in [6.07, 6.45) is 1.74. The van der Waals surface area contributed by atoms with E-state index in [1.54, 1.807) is 17.7 Å². The van der Waals surface area contributed by atoms with Crippen molar-refractivity contribution in [1.82, 2.24) is 9.55 Å². The monoisotopic (exact) mass is 268 g/mol. The number of halogens is 2. The van der Waals surface area contributed by atoms with Crippen LogP contribution in [0.4, 0.5) is 8.78 Å². The standard InChI is InChI=1S/C11H10F2N2.2C2H6/c1-7-6-15(8(2)14-7)11-4-9(12)3-10(13)5-11;2*1-2/h3-6H,1-2H3;2*1-2H3. The highest BCUT2D eigenvalue weighted by atomic mass is 19.1. The lowest BCUT2D eigenvalue weighted by atomic mass is 10.3. The van der Waals surface area contributed by atoms with Crippen LogP contribution in [-0.4, -0.2) is 9.55 Å². The van der Waals surface area contributed by atoms with Crippen molar-refractivity contribution in [3.05, 3.63) is 47.5 Å². The van der Waals surface area contributed by atoms with Gasteiger partial charge in [0.05, 0.1) is 11.4 Å². The summed E-state index contributed by atoms with van der Waals surface area (Å²) in [4.78, 5) is 4.16. The second-order valence-corrected chi connectivity index (χ2v) is 3.43. The van der Waals surface area contributed by atoms with Gasteiger partial charge < -0.3 is 4.57 Å². The van der Waals surface area contributed by atoms with Crippen LogP contribution >= 0.6 is 0 Å². The molecule has 0 atom stereocenters. The predicted molar refractivity (Wildman–Crippen MR) is 75.7 cm³/mol. The molecule has 0 spiro atoms. The summed E-state index contributed by atoms with van der Waals surface area (Å²) < 4.78 is 27.6. The number of aromatic nitrogens is 2. The number of hydrogen-bond acceptors (Lipinski definition) is 1. The molecule has 0 aliphatic rings. The molecule has 19 heavy (non-hydrogen) atoms. The first-order chi connectivity index (χ1) is 9.06. The molecule has 106 valence electrons. The molecule has 0 saturated carbocycles. The molecule has 2 nitrogen and oxygen atoms in total. The minimum absolute atomic E-state index is 0.450. The summed E-state index contributed by atoms with van der Waals surface area (Å²) in [6, 6.07) is 3.40. The predicted octanol–water partition coefficient (Wildman–Crippen LogP) is 4.82. The number of imidazole rings is 1. The third-order valence-electron chi connectivity index (χ3n) is 2.13. The van der Waals surface area contributed by atoms with Crippen LogP contribution in [-0.2, 0) is 0 Å². The first-order valence-corrected chi connectivity index (χ1v) is 6.55. The van der Waals surface area contributed by atoms with Gasteiger partial charge in [0, 0.05) is 12.3 Å². The lowest BCUT2D eigenvalue weighted by molar-refractivity contribution is 0.581. The van der Waals surface area contributed by atoms with Crippen LogP contribution in [0.2, 0.25) is 0 Å². The highest BCUT2D eigenvalue weighted by molar-refractivity contribution is 5.34. The van der Waals surface area contributed by atoms with Gasteiger partial charge >= 0.3 is 0 Å². The van der Waals surface area contributed by atoms with Gasteiger partial charge in [-0.15, -0.1) is 0 Å². The van der Waals surface area contributed by atoms with Crippen LogP contribution in [0.15, 0.2) is 24.4 Å². The van der Waals surface area contributed by atoms with Crippen molar-refractivity contribution >= 4 is 0 Å². The summed E-state index contributed by atoms with van der Waals surface area (Å²) in [7, 11) is 0. The number of hydrogen-bond donors (Lipinski definition) is 0. The van der Waals surface area contributed by atoms with Crippen LogP contribution in [0.25, 0.3) is 5.69 Å². The highest BCUT2D eigenvalue weighted by Crippen LogP contribution is 2.15. The molecule has 4 heteroatoms. The fourth-order valence-corrected chi connectivity index (χ4v) is 1.56. The number of rotatable bonds is 1. The minimum atomic E-state index is -0.587. The van der Waals surface area contributed by atoms with Crippen LogP contribution < -0.4 is 0 Å². The van der Waals surface area contributed by atoms with E-state index in [1.807, 2.05) is 34.6 Å². The Bertz CT molecular complexity index is 485. The fourth-order valence-electron chi connectivity index (χ4n) is 1.56. The van der Waals surface area contributed by atoms with E-state index in [4.69, 9.17) is 0 Å². The Hall–Kier alpha value is -1.71. The quantitative estimate of drug-likeness (QED) is 0.725. The zero-order valence-electron chi connectivity index (χ0n) is 12.5. The molecule has 0 N–H and O–H groups in total. The normalized spacial score (nSPS) is 9.05. The molecule has 0 aliphatic heterocycles. The molecule has 2 rings (SSSR count). The number of aryl methyl sites for hydroxylation is 2. The first kappa shape index (κ1) is 17.3.